The van der Waals surface area contributed by atoms with E-state index in [-0.39, 0.29) is 11.8 Å². The average molecular weight is 374 g/mol. The first-order chi connectivity index (χ1) is 12.6. The minimum Gasteiger partial charge on any atom is -0.339 e. The summed E-state index contributed by atoms with van der Waals surface area (Å²) in [4.78, 5) is 27.3. The molecule has 8 heteroatoms. The van der Waals surface area contributed by atoms with Gasteiger partial charge in [-0.1, -0.05) is 11.6 Å². The van der Waals surface area contributed by atoms with Crippen LogP contribution < -0.4 is 10.6 Å². The van der Waals surface area contributed by atoms with E-state index in [9.17, 15) is 9.59 Å². The van der Waals surface area contributed by atoms with Crippen molar-refractivity contribution in [3.8, 4) is 0 Å². The van der Waals surface area contributed by atoms with Gasteiger partial charge in [0.1, 0.15) is 0 Å². The zero-order chi connectivity index (χ0) is 18.1. The van der Waals surface area contributed by atoms with E-state index < -0.39 is 0 Å². The number of hydrogen-bond acceptors (Lipinski definition) is 4. The number of carbonyl (C=O) groups is 2. The number of H-pyrrole nitrogens is 1. The highest BCUT2D eigenvalue weighted by molar-refractivity contribution is 6.31. The Balaban J connectivity index is 1.61. The van der Waals surface area contributed by atoms with Crippen molar-refractivity contribution < 1.29 is 9.59 Å². The Labute approximate surface area is 156 Å². The van der Waals surface area contributed by atoms with Crippen molar-refractivity contribution in [3.05, 3.63) is 45.7 Å². The minimum atomic E-state index is -0.330. The number of nitrogens with zero attached hydrogens (tertiary/aromatic N) is 2. The van der Waals surface area contributed by atoms with Gasteiger partial charge in [0, 0.05) is 48.9 Å². The second-order valence-corrected chi connectivity index (χ2v) is 7.04. The fourth-order valence-corrected chi connectivity index (χ4v) is 3.66. The van der Waals surface area contributed by atoms with Gasteiger partial charge >= 0.3 is 0 Å². The molecule has 1 aromatic carbocycles. The van der Waals surface area contributed by atoms with Gasteiger partial charge in [0.05, 0.1) is 11.3 Å². The highest BCUT2D eigenvalue weighted by Gasteiger charge is 2.25. The normalized spacial score (nSPS) is 16.4. The fourth-order valence-electron chi connectivity index (χ4n) is 3.49. The second-order valence-electron chi connectivity index (χ2n) is 6.60. The molecule has 136 valence electrons. The van der Waals surface area contributed by atoms with Gasteiger partial charge in [-0.25, -0.2) is 0 Å². The fraction of sp³-hybridized carbons (Fsp3) is 0.389. The molecule has 2 aromatic rings. The largest absolute Gasteiger partial charge is 0.339 e. The number of rotatable bonds is 3. The lowest BCUT2D eigenvalue weighted by Crippen LogP contribution is -2.29. The quantitative estimate of drug-likeness (QED) is 0.769. The number of likely N-dealkylation sites (tertiary alicyclic amines) is 1. The van der Waals surface area contributed by atoms with Gasteiger partial charge in [-0.15, -0.1) is 0 Å². The number of halogens is 1. The maximum Gasteiger partial charge on any atom is 0.276 e. The summed E-state index contributed by atoms with van der Waals surface area (Å²) in [6.45, 7) is 2.94. The van der Waals surface area contributed by atoms with Gasteiger partial charge in [0.2, 0.25) is 0 Å². The molecular formula is C18H20ClN5O2. The predicted octanol–water partition coefficient (Wildman–Crippen LogP) is 2.20. The molecule has 2 amide bonds. The standard InChI is InChI=1S/C18H20ClN5O2/c19-11-3-4-14(12(9-11)18(26)24-7-1-2-8-24)21-17(25)16-13-10-20-6-5-15(13)22-23-16/h3-4,9,20H,1-2,5-8,10H2,(H,21,25)(H,22,23). The van der Waals surface area contributed by atoms with Crippen LogP contribution in [0.25, 0.3) is 0 Å². The summed E-state index contributed by atoms with van der Waals surface area (Å²) in [6.07, 6.45) is 2.82. The number of benzene rings is 1. The molecule has 0 bridgehead atoms. The van der Waals surface area contributed by atoms with Gasteiger partial charge in [-0.2, -0.15) is 5.10 Å². The van der Waals surface area contributed by atoms with Gasteiger partial charge in [0.25, 0.3) is 11.8 Å². The van der Waals surface area contributed by atoms with E-state index in [2.05, 4.69) is 20.8 Å². The Hall–Kier alpha value is -2.38. The van der Waals surface area contributed by atoms with Gasteiger partial charge in [-0.05, 0) is 31.0 Å². The van der Waals surface area contributed by atoms with E-state index in [1.165, 1.54) is 0 Å². The maximum absolute atomic E-state index is 12.8. The van der Waals surface area contributed by atoms with Crippen LogP contribution in [0.2, 0.25) is 5.02 Å². The Kier molecular flexibility index (Phi) is 4.65. The molecule has 0 unspecified atom stereocenters. The maximum atomic E-state index is 12.8. The number of carbonyl (C=O) groups excluding carboxylic acids is 2. The second kappa shape index (κ2) is 7.09. The first-order valence-electron chi connectivity index (χ1n) is 8.80. The molecule has 2 aliphatic heterocycles. The molecule has 0 spiro atoms. The molecule has 2 aliphatic rings. The summed E-state index contributed by atoms with van der Waals surface area (Å²) < 4.78 is 0. The monoisotopic (exact) mass is 373 g/mol. The topological polar surface area (TPSA) is 90.1 Å². The van der Waals surface area contributed by atoms with E-state index in [0.29, 0.717) is 28.5 Å². The first kappa shape index (κ1) is 17.1. The van der Waals surface area contributed by atoms with Crippen molar-refractivity contribution in [1.29, 1.82) is 0 Å². The Bertz CT molecular complexity index is 857. The molecule has 26 heavy (non-hydrogen) atoms. The number of nitrogens with one attached hydrogen (secondary N) is 3. The predicted molar refractivity (Wildman–Crippen MR) is 98.5 cm³/mol. The van der Waals surface area contributed by atoms with Crippen LogP contribution in [0.4, 0.5) is 5.69 Å². The number of hydrogen-bond donors (Lipinski definition) is 3. The average Bonchev–Trinajstić information content (AvgIpc) is 3.32. The Morgan fingerprint density at radius 2 is 2.04 bits per heavy atom. The van der Waals surface area contributed by atoms with Crippen LogP contribution in [-0.4, -0.2) is 46.5 Å². The number of aromatic nitrogens is 2. The van der Waals surface area contributed by atoms with Crippen molar-refractivity contribution >= 4 is 29.1 Å². The molecule has 3 N–H and O–H groups in total. The summed E-state index contributed by atoms with van der Waals surface area (Å²) in [5, 5.41) is 13.6. The zero-order valence-corrected chi connectivity index (χ0v) is 15.0. The van der Waals surface area contributed by atoms with Crippen LogP contribution in [0.5, 0.6) is 0 Å². The third-order valence-corrected chi connectivity index (χ3v) is 5.11. The van der Waals surface area contributed by atoms with E-state index in [4.69, 9.17) is 11.6 Å². The van der Waals surface area contributed by atoms with Crippen LogP contribution in [-0.2, 0) is 13.0 Å². The molecule has 1 saturated heterocycles. The van der Waals surface area contributed by atoms with Crippen molar-refractivity contribution in [2.75, 3.05) is 25.0 Å². The lowest BCUT2D eigenvalue weighted by atomic mass is 10.1. The highest BCUT2D eigenvalue weighted by atomic mass is 35.5. The van der Waals surface area contributed by atoms with Crippen LogP contribution in [0.3, 0.4) is 0 Å². The molecule has 7 nitrogen and oxygen atoms in total. The zero-order valence-electron chi connectivity index (χ0n) is 14.3. The summed E-state index contributed by atoms with van der Waals surface area (Å²) in [6, 6.07) is 4.94. The third kappa shape index (κ3) is 3.20. The van der Waals surface area contributed by atoms with E-state index in [1.54, 1.807) is 23.1 Å². The summed E-state index contributed by atoms with van der Waals surface area (Å²) >= 11 is 6.09. The van der Waals surface area contributed by atoms with E-state index in [1.807, 2.05) is 0 Å². The summed E-state index contributed by atoms with van der Waals surface area (Å²) in [7, 11) is 0. The Morgan fingerprint density at radius 1 is 1.23 bits per heavy atom. The lowest BCUT2D eigenvalue weighted by molar-refractivity contribution is 0.0794. The third-order valence-electron chi connectivity index (χ3n) is 4.87. The van der Waals surface area contributed by atoms with Gasteiger partial charge in [-0.3, -0.25) is 14.7 Å². The lowest BCUT2D eigenvalue weighted by Gasteiger charge is -2.18. The molecular weight excluding hydrogens is 354 g/mol. The van der Waals surface area contributed by atoms with E-state index in [0.717, 1.165) is 50.2 Å². The van der Waals surface area contributed by atoms with Crippen molar-refractivity contribution in [1.82, 2.24) is 20.4 Å². The van der Waals surface area contributed by atoms with Crippen LogP contribution in [0, 0.1) is 0 Å². The summed E-state index contributed by atoms with van der Waals surface area (Å²) in [5.41, 5.74) is 3.10. The highest BCUT2D eigenvalue weighted by Crippen LogP contribution is 2.25. The van der Waals surface area contributed by atoms with Crippen LogP contribution in [0.1, 0.15) is 44.9 Å². The van der Waals surface area contributed by atoms with E-state index >= 15 is 0 Å². The van der Waals surface area contributed by atoms with Crippen molar-refractivity contribution in [2.24, 2.45) is 0 Å². The minimum absolute atomic E-state index is 0.106. The molecule has 0 radical (unpaired) electrons. The van der Waals surface area contributed by atoms with Crippen LogP contribution in [0.15, 0.2) is 18.2 Å². The molecule has 0 saturated carbocycles. The Morgan fingerprint density at radius 3 is 2.85 bits per heavy atom. The number of fused-ring (bicyclic) bond motifs is 1. The van der Waals surface area contributed by atoms with Crippen molar-refractivity contribution in [2.45, 2.75) is 25.8 Å². The molecule has 0 atom stereocenters. The number of amides is 2. The molecule has 1 fully saturated rings. The number of aromatic amines is 1. The molecule has 0 aliphatic carbocycles. The summed E-state index contributed by atoms with van der Waals surface area (Å²) in [5.74, 6) is -0.435. The van der Waals surface area contributed by atoms with Gasteiger partial charge < -0.3 is 15.5 Å². The SMILES string of the molecule is O=C(Nc1ccc(Cl)cc1C(=O)N1CCCC1)c1n[nH]c2c1CNCC2. The smallest absolute Gasteiger partial charge is 0.276 e. The van der Waals surface area contributed by atoms with Crippen molar-refractivity contribution in [3.63, 3.8) is 0 Å². The van der Waals surface area contributed by atoms with Gasteiger partial charge in [0.15, 0.2) is 5.69 Å². The first-order valence-corrected chi connectivity index (χ1v) is 9.18. The molecule has 4 rings (SSSR count). The molecule has 1 aromatic heterocycles. The number of anilines is 1. The van der Waals surface area contributed by atoms with Crippen LogP contribution >= 0.6 is 11.6 Å². The molecule has 3 heterocycles.